The van der Waals surface area contributed by atoms with Crippen LogP contribution in [0.2, 0.25) is 5.02 Å². The number of carbonyl (C=O) groups excluding carboxylic acids is 1. The Bertz CT molecular complexity index is 649. The summed E-state index contributed by atoms with van der Waals surface area (Å²) in [4.78, 5) is 20.7. The van der Waals surface area contributed by atoms with E-state index in [4.69, 9.17) is 11.6 Å². The molecule has 1 amide bonds. The second-order valence-electron chi connectivity index (χ2n) is 4.11. The summed E-state index contributed by atoms with van der Waals surface area (Å²) in [7, 11) is 3.15. The highest BCUT2D eigenvalue weighted by molar-refractivity contribution is 6.33. The molecule has 2 rings (SSSR count). The van der Waals surface area contributed by atoms with E-state index in [2.05, 4.69) is 25.9 Å². The van der Waals surface area contributed by atoms with Gasteiger partial charge in [-0.05, 0) is 12.1 Å². The van der Waals surface area contributed by atoms with E-state index < -0.39 is 0 Å². The Kier molecular flexibility index (Phi) is 4.97. The van der Waals surface area contributed by atoms with Gasteiger partial charge in [0, 0.05) is 13.1 Å². The van der Waals surface area contributed by atoms with Gasteiger partial charge in [-0.2, -0.15) is 0 Å². The zero-order chi connectivity index (χ0) is 15.2. The SMILES string of the molecule is CNc1cc(Nc2ccccc2C(=O)NOC)c(Cl)cn1. The molecule has 0 bridgehead atoms. The molecule has 0 aliphatic rings. The number of anilines is 3. The molecule has 6 nitrogen and oxygen atoms in total. The number of hydroxylamine groups is 1. The monoisotopic (exact) mass is 306 g/mol. The Hall–Kier alpha value is -2.31. The fourth-order valence-electron chi connectivity index (χ4n) is 1.75. The largest absolute Gasteiger partial charge is 0.373 e. The van der Waals surface area contributed by atoms with Crippen molar-refractivity contribution in [2.45, 2.75) is 0 Å². The van der Waals surface area contributed by atoms with Crippen LogP contribution in [0.15, 0.2) is 36.5 Å². The lowest BCUT2D eigenvalue weighted by Crippen LogP contribution is -2.22. The summed E-state index contributed by atoms with van der Waals surface area (Å²) in [6, 6.07) is 8.81. The number of nitrogens with one attached hydrogen (secondary N) is 3. The van der Waals surface area contributed by atoms with Crippen LogP contribution in [0.4, 0.5) is 17.2 Å². The first-order valence-corrected chi connectivity index (χ1v) is 6.56. The predicted molar refractivity (Wildman–Crippen MR) is 83.0 cm³/mol. The molecule has 0 spiro atoms. The van der Waals surface area contributed by atoms with Crippen LogP contribution in [-0.2, 0) is 4.84 Å². The molecule has 0 aliphatic carbocycles. The van der Waals surface area contributed by atoms with Crippen LogP contribution >= 0.6 is 11.6 Å². The van der Waals surface area contributed by atoms with Crippen molar-refractivity contribution < 1.29 is 9.63 Å². The van der Waals surface area contributed by atoms with E-state index in [0.29, 0.717) is 27.8 Å². The maximum Gasteiger partial charge on any atom is 0.276 e. The van der Waals surface area contributed by atoms with E-state index in [0.717, 1.165) is 0 Å². The molecule has 21 heavy (non-hydrogen) atoms. The molecule has 0 saturated heterocycles. The Morgan fingerprint density at radius 3 is 2.76 bits per heavy atom. The first-order chi connectivity index (χ1) is 10.2. The van der Waals surface area contributed by atoms with Crippen molar-refractivity contribution in [3.63, 3.8) is 0 Å². The Morgan fingerprint density at radius 1 is 1.29 bits per heavy atom. The Morgan fingerprint density at radius 2 is 2.05 bits per heavy atom. The zero-order valence-electron chi connectivity index (χ0n) is 11.6. The molecule has 0 saturated carbocycles. The standard InChI is InChI=1S/C14H15ClN4O2/c1-16-13-7-12(10(15)8-17-13)18-11-6-4-3-5-9(11)14(20)19-21-2/h3-8H,1-2H3,(H,19,20)(H2,16,17,18). The van der Waals surface area contributed by atoms with Gasteiger partial charge in [-0.25, -0.2) is 10.5 Å². The number of rotatable bonds is 5. The van der Waals surface area contributed by atoms with Gasteiger partial charge in [0.1, 0.15) is 5.82 Å². The lowest BCUT2D eigenvalue weighted by molar-refractivity contribution is 0.0538. The highest BCUT2D eigenvalue weighted by atomic mass is 35.5. The first kappa shape index (κ1) is 15.1. The first-order valence-electron chi connectivity index (χ1n) is 6.18. The van der Waals surface area contributed by atoms with E-state index in [1.54, 1.807) is 31.3 Å². The molecule has 1 aromatic heterocycles. The van der Waals surface area contributed by atoms with Crippen LogP contribution in [0, 0.1) is 0 Å². The molecule has 7 heteroatoms. The minimum Gasteiger partial charge on any atom is -0.373 e. The Balaban J connectivity index is 2.33. The zero-order valence-corrected chi connectivity index (χ0v) is 12.4. The summed E-state index contributed by atoms with van der Waals surface area (Å²) in [6.07, 6.45) is 1.54. The van der Waals surface area contributed by atoms with E-state index in [1.165, 1.54) is 13.3 Å². The number of carbonyl (C=O) groups is 1. The van der Waals surface area contributed by atoms with E-state index in [9.17, 15) is 4.79 Å². The van der Waals surface area contributed by atoms with Crippen LogP contribution in [0.1, 0.15) is 10.4 Å². The quantitative estimate of drug-likeness (QED) is 0.741. The minimum atomic E-state index is -0.348. The average Bonchev–Trinajstić information content (AvgIpc) is 2.50. The van der Waals surface area contributed by atoms with Crippen molar-refractivity contribution in [2.75, 3.05) is 24.8 Å². The number of hydrogen-bond donors (Lipinski definition) is 3. The second kappa shape index (κ2) is 6.92. The van der Waals surface area contributed by atoms with Gasteiger partial charge in [0.2, 0.25) is 0 Å². The third kappa shape index (κ3) is 3.62. The Labute approximate surface area is 127 Å². The van der Waals surface area contributed by atoms with E-state index in [1.807, 2.05) is 6.07 Å². The van der Waals surface area contributed by atoms with Crippen LogP contribution in [-0.4, -0.2) is 25.0 Å². The van der Waals surface area contributed by atoms with Crippen molar-refractivity contribution in [3.8, 4) is 0 Å². The van der Waals surface area contributed by atoms with Crippen molar-refractivity contribution in [3.05, 3.63) is 47.1 Å². The maximum absolute atomic E-state index is 11.9. The number of hydrogen-bond acceptors (Lipinski definition) is 5. The molecule has 1 heterocycles. The molecule has 2 aromatic rings. The number of halogens is 1. The van der Waals surface area contributed by atoms with Gasteiger partial charge < -0.3 is 10.6 Å². The van der Waals surface area contributed by atoms with E-state index in [-0.39, 0.29) is 5.91 Å². The topological polar surface area (TPSA) is 75.3 Å². The minimum absolute atomic E-state index is 0.348. The summed E-state index contributed by atoms with van der Waals surface area (Å²) in [5.41, 5.74) is 3.99. The third-order valence-corrected chi connectivity index (χ3v) is 3.05. The summed E-state index contributed by atoms with van der Waals surface area (Å²) in [6.45, 7) is 0. The normalized spacial score (nSPS) is 10.0. The number of aromatic nitrogens is 1. The lowest BCUT2D eigenvalue weighted by Gasteiger charge is -2.13. The second-order valence-corrected chi connectivity index (χ2v) is 4.51. The summed E-state index contributed by atoms with van der Waals surface area (Å²) >= 11 is 6.12. The smallest absolute Gasteiger partial charge is 0.276 e. The van der Waals surface area contributed by atoms with Gasteiger partial charge in [-0.1, -0.05) is 23.7 Å². The molecule has 0 radical (unpaired) electrons. The fraction of sp³-hybridized carbons (Fsp3) is 0.143. The van der Waals surface area contributed by atoms with Gasteiger partial charge in [0.05, 0.1) is 35.3 Å². The number of pyridine rings is 1. The molecular formula is C14H15ClN4O2. The predicted octanol–water partition coefficient (Wildman–Crippen LogP) is 2.81. The van der Waals surface area contributed by atoms with Crippen molar-refractivity contribution in [1.29, 1.82) is 0 Å². The van der Waals surface area contributed by atoms with Crippen molar-refractivity contribution in [1.82, 2.24) is 10.5 Å². The number of benzene rings is 1. The molecular weight excluding hydrogens is 292 g/mol. The molecule has 3 N–H and O–H groups in total. The van der Waals surface area contributed by atoms with Crippen LogP contribution < -0.4 is 16.1 Å². The third-order valence-electron chi connectivity index (χ3n) is 2.75. The molecule has 0 unspecified atom stereocenters. The highest BCUT2D eigenvalue weighted by Gasteiger charge is 2.12. The van der Waals surface area contributed by atoms with Gasteiger partial charge in [0.25, 0.3) is 5.91 Å². The van der Waals surface area contributed by atoms with Gasteiger partial charge in [0.15, 0.2) is 0 Å². The van der Waals surface area contributed by atoms with Crippen LogP contribution in [0.5, 0.6) is 0 Å². The fourth-order valence-corrected chi connectivity index (χ4v) is 1.90. The summed E-state index contributed by atoms with van der Waals surface area (Å²) in [5.74, 6) is 0.320. The van der Waals surface area contributed by atoms with Gasteiger partial charge in [-0.3, -0.25) is 9.63 Å². The molecule has 0 atom stereocenters. The molecule has 110 valence electrons. The summed E-state index contributed by atoms with van der Waals surface area (Å²) < 4.78 is 0. The molecule has 0 aliphatic heterocycles. The van der Waals surface area contributed by atoms with Crippen molar-refractivity contribution in [2.24, 2.45) is 0 Å². The van der Waals surface area contributed by atoms with Crippen LogP contribution in [0.3, 0.4) is 0 Å². The van der Waals surface area contributed by atoms with Gasteiger partial charge >= 0.3 is 0 Å². The molecule has 0 fully saturated rings. The van der Waals surface area contributed by atoms with Gasteiger partial charge in [-0.15, -0.1) is 0 Å². The highest BCUT2D eigenvalue weighted by Crippen LogP contribution is 2.28. The summed E-state index contributed by atoms with van der Waals surface area (Å²) in [5, 5.41) is 6.51. The number of nitrogens with zero attached hydrogens (tertiary/aromatic N) is 1. The number of para-hydroxylation sites is 1. The van der Waals surface area contributed by atoms with Crippen molar-refractivity contribution >= 4 is 34.7 Å². The van der Waals surface area contributed by atoms with Crippen LogP contribution in [0.25, 0.3) is 0 Å². The van der Waals surface area contributed by atoms with E-state index >= 15 is 0 Å². The molecule has 1 aromatic carbocycles. The number of amides is 1. The maximum atomic E-state index is 11.9. The lowest BCUT2D eigenvalue weighted by atomic mass is 10.1. The average molecular weight is 307 g/mol.